The molecule has 0 aliphatic carbocycles. The highest BCUT2D eigenvalue weighted by Crippen LogP contribution is 1.96. The first-order valence-electron chi connectivity index (χ1n) is 3.82. The molecule has 0 atom stereocenters. The quantitative estimate of drug-likeness (QED) is 0.601. The summed E-state index contributed by atoms with van der Waals surface area (Å²) in [5.41, 5.74) is 6.42. The minimum Gasteiger partial charge on any atom is -0.402 e. The lowest BCUT2D eigenvalue weighted by Gasteiger charge is -1.92. The van der Waals surface area contributed by atoms with Crippen LogP contribution in [0.5, 0.6) is 0 Å². The lowest BCUT2D eigenvalue weighted by atomic mass is 10.2. The maximum atomic E-state index is 5.47. The first kappa shape index (κ1) is 12.0. The van der Waals surface area contributed by atoms with Gasteiger partial charge in [0.25, 0.3) is 0 Å². The highest BCUT2D eigenvalue weighted by molar-refractivity contribution is 4.94. The van der Waals surface area contributed by atoms with Gasteiger partial charge in [0.15, 0.2) is 0 Å². The van der Waals surface area contributed by atoms with E-state index >= 15 is 0 Å². The van der Waals surface area contributed by atoms with Gasteiger partial charge in [0.2, 0.25) is 0 Å². The number of rotatable bonds is 3. The van der Waals surface area contributed by atoms with Gasteiger partial charge in [0.05, 0.1) is 0 Å². The van der Waals surface area contributed by atoms with Crippen molar-refractivity contribution in [3.8, 4) is 0 Å². The SMILES string of the molecule is C=CCC/C(N)=C\C.CC. The van der Waals surface area contributed by atoms with Crippen LogP contribution in [0, 0.1) is 0 Å². The monoisotopic (exact) mass is 141 g/mol. The van der Waals surface area contributed by atoms with Crippen LogP contribution in [0.1, 0.15) is 33.6 Å². The van der Waals surface area contributed by atoms with Crippen molar-refractivity contribution >= 4 is 0 Å². The largest absolute Gasteiger partial charge is 0.402 e. The molecule has 0 aliphatic rings. The molecule has 1 heteroatoms. The fourth-order valence-electron chi connectivity index (χ4n) is 0.413. The standard InChI is InChI=1S/C7H13N.C2H6/c1-3-5-6-7(8)4-2;1-2/h3-4H,1,5-6,8H2,2H3;1-2H3/b7-4+;. The van der Waals surface area contributed by atoms with Crippen molar-refractivity contribution in [2.75, 3.05) is 0 Å². The van der Waals surface area contributed by atoms with Crippen LogP contribution in [0.2, 0.25) is 0 Å². The maximum Gasteiger partial charge on any atom is 0.00402 e. The minimum atomic E-state index is 0.944. The fourth-order valence-corrected chi connectivity index (χ4v) is 0.413. The van der Waals surface area contributed by atoms with Gasteiger partial charge in [-0.05, 0) is 19.8 Å². The highest BCUT2D eigenvalue weighted by Gasteiger charge is 1.82. The number of hydrogen-bond donors (Lipinski definition) is 1. The third-order valence-corrected chi connectivity index (χ3v) is 1.01. The predicted molar refractivity (Wildman–Crippen MR) is 48.7 cm³/mol. The molecule has 0 rings (SSSR count). The van der Waals surface area contributed by atoms with E-state index in [9.17, 15) is 0 Å². The first-order chi connectivity index (χ1) is 4.81. The summed E-state index contributed by atoms with van der Waals surface area (Å²) in [6.07, 6.45) is 5.72. The second kappa shape index (κ2) is 11.1. The third kappa shape index (κ3) is 10.3. The Morgan fingerprint density at radius 2 is 2.00 bits per heavy atom. The van der Waals surface area contributed by atoms with Gasteiger partial charge >= 0.3 is 0 Å². The Balaban J connectivity index is 0. The van der Waals surface area contributed by atoms with E-state index < -0.39 is 0 Å². The van der Waals surface area contributed by atoms with Crippen molar-refractivity contribution in [3.63, 3.8) is 0 Å². The molecule has 0 saturated carbocycles. The van der Waals surface area contributed by atoms with Crippen LogP contribution in [0.4, 0.5) is 0 Å². The van der Waals surface area contributed by atoms with E-state index in [1.165, 1.54) is 0 Å². The maximum absolute atomic E-state index is 5.47. The van der Waals surface area contributed by atoms with Gasteiger partial charge in [-0.2, -0.15) is 0 Å². The molecule has 0 unspecified atom stereocenters. The molecule has 0 bridgehead atoms. The second-order valence-corrected chi connectivity index (χ2v) is 1.69. The molecule has 0 fully saturated rings. The van der Waals surface area contributed by atoms with E-state index in [1.807, 2.05) is 32.9 Å². The zero-order chi connectivity index (χ0) is 8.41. The highest BCUT2D eigenvalue weighted by atomic mass is 14.6. The third-order valence-electron chi connectivity index (χ3n) is 1.01. The molecule has 0 saturated heterocycles. The Bertz CT molecular complexity index is 92.9. The van der Waals surface area contributed by atoms with Crippen LogP contribution < -0.4 is 5.73 Å². The molecular weight excluding hydrogens is 122 g/mol. The summed E-state index contributed by atoms with van der Waals surface area (Å²) in [6, 6.07) is 0. The van der Waals surface area contributed by atoms with Crippen molar-refractivity contribution in [2.45, 2.75) is 33.6 Å². The fraction of sp³-hybridized carbons (Fsp3) is 0.556. The summed E-state index contributed by atoms with van der Waals surface area (Å²) in [4.78, 5) is 0. The first-order valence-corrected chi connectivity index (χ1v) is 3.82. The smallest absolute Gasteiger partial charge is 0.00402 e. The van der Waals surface area contributed by atoms with Crippen molar-refractivity contribution in [1.82, 2.24) is 0 Å². The molecule has 60 valence electrons. The summed E-state index contributed by atoms with van der Waals surface area (Å²) in [6.45, 7) is 9.53. The van der Waals surface area contributed by atoms with Gasteiger partial charge < -0.3 is 5.73 Å². The van der Waals surface area contributed by atoms with Crippen molar-refractivity contribution in [1.29, 1.82) is 0 Å². The molecule has 0 spiro atoms. The molecule has 2 N–H and O–H groups in total. The molecule has 0 aliphatic heterocycles. The van der Waals surface area contributed by atoms with Gasteiger partial charge in [0.1, 0.15) is 0 Å². The predicted octanol–water partition coefficient (Wildman–Crippen LogP) is 2.84. The average molecular weight is 141 g/mol. The molecule has 0 aromatic heterocycles. The molecule has 0 amide bonds. The number of hydrogen-bond acceptors (Lipinski definition) is 1. The lowest BCUT2D eigenvalue weighted by Crippen LogP contribution is -1.94. The molecule has 0 heterocycles. The molecule has 0 radical (unpaired) electrons. The lowest BCUT2D eigenvalue weighted by molar-refractivity contribution is 0.958. The van der Waals surface area contributed by atoms with E-state index in [-0.39, 0.29) is 0 Å². The summed E-state index contributed by atoms with van der Waals surface area (Å²) >= 11 is 0. The minimum absolute atomic E-state index is 0.944. The Morgan fingerprint density at radius 1 is 1.50 bits per heavy atom. The van der Waals surface area contributed by atoms with Gasteiger partial charge in [-0.25, -0.2) is 0 Å². The van der Waals surface area contributed by atoms with Gasteiger partial charge in [-0.15, -0.1) is 6.58 Å². The number of nitrogens with two attached hydrogens (primary N) is 1. The van der Waals surface area contributed by atoms with Crippen molar-refractivity contribution < 1.29 is 0 Å². The number of allylic oxidation sites excluding steroid dienone is 3. The molecule has 0 aromatic carbocycles. The molecular formula is C9H19N. The zero-order valence-electron chi connectivity index (χ0n) is 7.35. The van der Waals surface area contributed by atoms with Crippen LogP contribution in [0.15, 0.2) is 24.4 Å². The van der Waals surface area contributed by atoms with Crippen LogP contribution in [0.25, 0.3) is 0 Å². The van der Waals surface area contributed by atoms with Crippen LogP contribution in [0.3, 0.4) is 0 Å². The summed E-state index contributed by atoms with van der Waals surface area (Å²) in [5.74, 6) is 0. The molecule has 0 aromatic rings. The zero-order valence-corrected chi connectivity index (χ0v) is 7.35. The van der Waals surface area contributed by atoms with E-state index in [2.05, 4.69) is 6.58 Å². The van der Waals surface area contributed by atoms with Gasteiger partial charge in [-0.3, -0.25) is 0 Å². The van der Waals surface area contributed by atoms with Crippen LogP contribution in [-0.4, -0.2) is 0 Å². The Morgan fingerprint density at radius 3 is 2.30 bits per heavy atom. The van der Waals surface area contributed by atoms with E-state index in [0.717, 1.165) is 18.5 Å². The Hall–Kier alpha value is -0.720. The molecule has 1 nitrogen and oxygen atoms in total. The summed E-state index contributed by atoms with van der Waals surface area (Å²) in [7, 11) is 0. The topological polar surface area (TPSA) is 26.0 Å². The van der Waals surface area contributed by atoms with Gasteiger partial charge in [-0.1, -0.05) is 26.0 Å². The van der Waals surface area contributed by atoms with Crippen molar-refractivity contribution in [2.24, 2.45) is 5.73 Å². The van der Waals surface area contributed by atoms with Crippen LogP contribution in [-0.2, 0) is 0 Å². The Labute approximate surface area is 64.6 Å². The van der Waals surface area contributed by atoms with Crippen molar-refractivity contribution in [3.05, 3.63) is 24.4 Å². The Kier molecular flexibility index (Phi) is 13.4. The van der Waals surface area contributed by atoms with Gasteiger partial charge in [0, 0.05) is 5.70 Å². The normalized spacial score (nSPS) is 9.70. The summed E-state index contributed by atoms with van der Waals surface area (Å²) in [5, 5.41) is 0. The van der Waals surface area contributed by atoms with Crippen LogP contribution >= 0.6 is 0 Å². The summed E-state index contributed by atoms with van der Waals surface area (Å²) < 4.78 is 0. The van der Waals surface area contributed by atoms with E-state index in [1.54, 1.807) is 0 Å². The average Bonchev–Trinajstić information content (AvgIpc) is 2.04. The van der Waals surface area contributed by atoms with E-state index in [0.29, 0.717) is 0 Å². The molecule has 10 heavy (non-hydrogen) atoms. The second-order valence-electron chi connectivity index (χ2n) is 1.69. The van der Waals surface area contributed by atoms with E-state index in [4.69, 9.17) is 5.73 Å².